The zero-order chi connectivity index (χ0) is 40.8. The van der Waals surface area contributed by atoms with Crippen molar-refractivity contribution in [1.82, 2.24) is 25.9 Å². The van der Waals surface area contributed by atoms with Gasteiger partial charge in [0.1, 0.15) is 24.3 Å². The van der Waals surface area contributed by atoms with Crippen molar-refractivity contribution in [2.75, 3.05) is 13.2 Å². The summed E-state index contributed by atoms with van der Waals surface area (Å²) < 4.78 is 13.3. The fourth-order valence-electron chi connectivity index (χ4n) is 7.21. The van der Waals surface area contributed by atoms with Crippen molar-refractivity contribution in [2.24, 2.45) is 0 Å². The van der Waals surface area contributed by atoms with Gasteiger partial charge < -0.3 is 30.3 Å². The second kappa shape index (κ2) is 18.1. The standard InChI is InChI=1S/C44H42BrClN6O6/c1-44(25-53,43(55)56)50-22-30-17-37(45)42(52-41(30)57-24-28-16-27(18-47)20-48-21-28)58-38-14-13-34-33(5-3-6-35(34)38)36-7-2-4-32(40(36)46)29-10-8-26(9-11-29)19-49-23-31-12-15-39(54)51-31/h2-11,16-17,20-21,31,38,49-50,53H,12-15,19,22-25H2,1H3,(H,51,54)(H,55,56)/t31-,38-,44?/m0/s1. The van der Waals surface area contributed by atoms with Gasteiger partial charge in [-0.1, -0.05) is 72.3 Å². The number of hydrogen-bond acceptors (Lipinski definition) is 10. The van der Waals surface area contributed by atoms with E-state index in [9.17, 15) is 25.1 Å². The number of carbonyl (C=O) groups excluding carboxylic acids is 1. The van der Waals surface area contributed by atoms with Crippen molar-refractivity contribution < 1.29 is 29.3 Å². The molecule has 2 aromatic heterocycles. The third-order valence-corrected chi connectivity index (χ3v) is 11.5. The smallest absolute Gasteiger partial charge is 0.326 e. The average Bonchev–Trinajstić information content (AvgIpc) is 3.85. The van der Waals surface area contributed by atoms with E-state index >= 15 is 0 Å². The Morgan fingerprint density at radius 2 is 1.79 bits per heavy atom. The molecule has 1 amide bonds. The van der Waals surface area contributed by atoms with Crippen molar-refractivity contribution >= 4 is 39.4 Å². The predicted molar refractivity (Wildman–Crippen MR) is 222 cm³/mol. The predicted octanol–water partition coefficient (Wildman–Crippen LogP) is 7.04. The minimum atomic E-state index is -1.60. The van der Waals surface area contributed by atoms with Gasteiger partial charge in [-0.05, 0) is 82.1 Å². The highest BCUT2D eigenvalue weighted by atomic mass is 79.9. The van der Waals surface area contributed by atoms with E-state index in [4.69, 9.17) is 26.1 Å². The number of aliphatic hydroxyl groups excluding tert-OH is 1. The molecule has 5 aromatic rings. The van der Waals surface area contributed by atoms with Gasteiger partial charge in [-0.3, -0.25) is 19.9 Å². The van der Waals surface area contributed by atoms with Crippen molar-refractivity contribution in [3.63, 3.8) is 0 Å². The highest BCUT2D eigenvalue weighted by Gasteiger charge is 2.33. The first-order chi connectivity index (χ1) is 28.0. The first-order valence-electron chi connectivity index (χ1n) is 19.0. The Bertz CT molecular complexity index is 2370. The van der Waals surface area contributed by atoms with Crippen LogP contribution in [0.5, 0.6) is 11.8 Å². The maximum absolute atomic E-state index is 11.9. The topological polar surface area (TPSA) is 179 Å². The Hall–Kier alpha value is -5.36. The van der Waals surface area contributed by atoms with Crippen LogP contribution in [0, 0.1) is 11.3 Å². The van der Waals surface area contributed by atoms with E-state index in [1.807, 2.05) is 24.3 Å². The number of pyridine rings is 2. The van der Waals surface area contributed by atoms with Crippen LogP contribution in [0.25, 0.3) is 22.3 Å². The Balaban J connectivity index is 1.10. The number of aliphatic carboxylic acids is 1. The molecule has 298 valence electrons. The highest BCUT2D eigenvalue weighted by Crippen LogP contribution is 2.45. The van der Waals surface area contributed by atoms with E-state index in [0.29, 0.717) is 45.6 Å². The van der Waals surface area contributed by atoms with Gasteiger partial charge in [0.2, 0.25) is 17.7 Å². The normalized spacial score (nSPS) is 16.9. The molecule has 12 nitrogen and oxygen atoms in total. The Morgan fingerprint density at radius 3 is 2.53 bits per heavy atom. The van der Waals surface area contributed by atoms with Crippen molar-refractivity contribution in [3.05, 3.63) is 128 Å². The van der Waals surface area contributed by atoms with Crippen LogP contribution in [0.4, 0.5) is 0 Å². The molecule has 3 heterocycles. The molecule has 1 saturated heterocycles. The molecule has 1 aliphatic heterocycles. The van der Waals surface area contributed by atoms with Gasteiger partial charge in [-0.2, -0.15) is 10.2 Å². The summed E-state index contributed by atoms with van der Waals surface area (Å²) in [6.45, 7) is 2.26. The SMILES string of the molecule is CC(CO)(NCc1cc(Br)c(O[C@H]2CCc3c(-c4cccc(-c5ccc(CNC[C@@H]6CCC(=O)N6)cc5)c4Cl)cccc32)nc1OCc1cncc(C#N)c1)C(=O)O. The summed E-state index contributed by atoms with van der Waals surface area (Å²) in [5.74, 6) is -0.606. The fraction of sp³-hybridized carbons (Fsp3) is 0.295. The number of fused-ring (bicyclic) bond motifs is 1. The molecule has 1 unspecified atom stereocenters. The number of carboxylic acid groups (broad SMARTS) is 1. The van der Waals surface area contributed by atoms with Crippen molar-refractivity contribution in [1.29, 1.82) is 5.26 Å². The van der Waals surface area contributed by atoms with Gasteiger partial charge in [-0.15, -0.1) is 0 Å². The molecule has 58 heavy (non-hydrogen) atoms. The number of nitrogens with one attached hydrogen (secondary N) is 3. The number of nitriles is 1. The molecule has 1 aliphatic carbocycles. The van der Waals surface area contributed by atoms with Gasteiger partial charge in [0, 0.05) is 66.7 Å². The van der Waals surface area contributed by atoms with Gasteiger partial charge in [0.25, 0.3) is 0 Å². The number of amides is 1. The van der Waals surface area contributed by atoms with Crippen LogP contribution < -0.4 is 25.4 Å². The largest absolute Gasteiger partial charge is 0.480 e. The Labute approximate surface area is 349 Å². The van der Waals surface area contributed by atoms with Gasteiger partial charge in [-0.25, -0.2) is 0 Å². The second-order valence-electron chi connectivity index (χ2n) is 14.7. The van der Waals surface area contributed by atoms with Gasteiger partial charge >= 0.3 is 5.97 Å². The Kier molecular flexibility index (Phi) is 12.7. The lowest BCUT2D eigenvalue weighted by atomic mass is 9.93. The number of carbonyl (C=O) groups is 2. The van der Waals surface area contributed by atoms with Crippen LogP contribution in [0.2, 0.25) is 5.02 Å². The quantitative estimate of drug-likeness (QED) is 0.0688. The molecular weight excluding hydrogens is 824 g/mol. The third-order valence-electron chi connectivity index (χ3n) is 10.6. The summed E-state index contributed by atoms with van der Waals surface area (Å²) in [6, 6.07) is 26.3. The minimum Gasteiger partial charge on any atom is -0.480 e. The maximum atomic E-state index is 11.9. The zero-order valence-corrected chi connectivity index (χ0v) is 34.1. The van der Waals surface area contributed by atoms with E-state index in [1.54, 1.807) is 18.3 Å². The summed E-state index contributed by atoms with van der Waals surface area (Å²) in [5, 5.41) is 38.9. The molecule has 1 fully saturated rings. The summed E-state index contributed by atoms with van der Waals surface area (Å²) in [7, 11) is 0. The molecule has 0 bridgehead atoms. The van der Waals surface area contributed by atoms with Gasteiger partial charge in [0.05, 0.1) is 21.7 Å². The molecule has 0 spiro atoms. The minimum absolute atomic E-state index is 0.0141. The van der Waals surface area contributed by atoms with Crippen LogP contribution in [0.3, 0.4) is 0 Å². The number of hydrogen-bond donors (Lipinski definition) is 5. The molecule has 2 aliphatic rings. The molecular formula is C44H42BrClN6O6. The van der Waals surface area contributed by atoms with E-state index in [-0.39, 0.29) is 43.0 Å². The van der Waals surface area contributed by atoms with Crippen molar-refractivity contribution in [2.45, 2.75) is 70.0 Å². The highest BCUT2D eigenvalue weighted by molar-refractivity contribution is 9.10. The molecule has 3 aromatic carbocycles. The van der Waals surface area contributed by atoms with E-state index < -0.39 is 18.1 Å². The van der Waals surface area contributed by atoms with E-state index in [0.717, 1.165) is 58.3 Å². The average molecular weight is 866 g/mol. The third kappa shape index (κ3) is 9.17. The molecule has 0 radical (unpaired) electrons. The molecule has 3 atom stereocenters. The number of benzene rings is 3. The number of aliphatic hydroxyl groups is 1. The van der Waals surface area contributed by atoms with Crippen molar-refractivity contribution in [3.8, 4) is 40.1 Å². The first kappa shape index (κ1) is 40.8. The summed E-state index contributed by atoms with van der Waals surface area (Å²) >= 11 is 10.8. The van der Waals surface area contributed by atoms with Crippen LogP contribution in [-0.4, -0.2) is 56.8 Å². The number of ether oxygens (including phenoxy) is 2. The number of nitrogens with zero attached hydrogens (tertiary/aromatic N) is 3. The van der Waals surface area contributed by atoms with Crippen LogP contribution in [-0.2, 0) is 35.7 Å². The van der Waals surface area contributed by atoms with E-state index in [2.05, 4.69) is 79.3 Å². The summed E-state index contributed by atoms with van der Waals surface area (Å²) in [6.07, 6.45) is 5.62. The number of halogens is 2. The number of rotatable bonds is 16. The molecule has 7 rings (SSSR count). The lowest BCUT2D eigenvalue weighted by molar-refractivity contribution is -0.146. The Morgan fingerprint density at radius 1 is 1.02 bits per heavy atom. The van der Waals surface area contributed by atoms with Crippen LogP contribution in [0.15, 0.2) is 89.7 Å². The maximum Gasteiger partial charge on any atom is 0.326 e. The summed E-state index contributed by atoms with van der Waals surface area (Å²) in [5.41, 5.74) is 7.17. The second-order valence-corrected chi connectivity index (χ2v) is 15.9. The first-order valence-corrected chi connectivity index (χ1v) is 20.1. The fourth-order valence-corrected chi connectivity index (χ4v) is 8.00. The number of aromatic nitrogens is 2. The van der Waals surface area contributed by atoms with Crippen LogP contribution >= 0.6 is 27.5 Å². The zero-order valence-electron chi connectivity index (χ0n) is 31.7. The summed E-state index contributed by atoms with van der Waals surface area (Å²) in [4.78, 5) is 32.3. The monoisotopic (exact) mass is 864 g/mol. The molecule has 5 N–H and O–H groups in total. The molecule has 0 saturated carbocycles. The number of carboxylic acids is 1. The lowest BCUT2D eigenvalue weighted by Gasteiger charge is -2.24. The van der Waals surface area contributed by atoms with E-state index in [1.165, 1.54) is 13.1 Å². The van der Waals surface area contributed by atoms with Crippen LogP contribution in [0.1, 0.15) is 65.7 Å². The lowest BCUT2D eigenvalue weighted by Crippen LogP contribution is -2.52. The molecule has 14 heteroatoms. The van der Waals surface area contributed by atoms with Gasteiger partial charge in [0.15, 0.2) is 0 Å².